The van der Waals surface area contributed by atoms with Gasteiger partial charge < -0.3 is 16.0 Å². The van der Waals surface area contributed by atoms with Crippen LogP contribution < -0.4 is 16.0 Å². The number of hydrogen-bond donors (Lipinski definition) is 3. The van der Waals surface area contributed by atoms with E-state index in [2.05, 4.69) is 33.1 Å². The van der Waals surface area contributed by atoms with E-state index in [1.165, 1.54) is 5.56 Å². The van der Waals surface area contributed by atoms with Gasteiger partial charge in [-0.3, -0.25) is 9.79 Å². The van der Waals surface area contributed by atoms with Crippen molar-refractivity contribution < 1.29 is 4.79 Å². The average Bonchev–Trinajstić information content (AvgIpc) is 2.63. The molecule has 0 aliphatic rings. The summed E-state index contributed by atoms with van der Waals surface area (Å²) < 4.78 is 0. The van der Waals surface area contributed by atoms with E-state index in [0.29, 0.717) is 29.6 Å². The topological polar surface area (TPSA) is 65.5 Å². The van der Waals surface area contributed by atoms with Crippen molar-refractivity contribution >= 4 is 29.2 Å². The number of aliphatic imine (C=N–C) groups is 1. The molecule has 3 N–H and O–H groups in total. The van der Waals surface area contributed by atoms with Crippen LogP contribution in [0.25, 0.3) is 0 Å². The molecule has 0 aliphatic carbocycles. The highest BCUT2D eigenvalue weighted by Gasteiger charge is 2.06. The van der Waals surface area contributed by atoms with Crippen LogP contribution in [0, 0.1) is 6.92 Å². The predicted molar refractivity (Wildman–Crippen MR) is 109 cm³/mol. The van der Waals surface area contributed by atoms with Gasteiger partial charge in [-0.25, -0.2) is 0 Å². The highest BCUT2D eigenvalue weighted by Crippen LogP contribution is 2.22. The number of rotatable bonds is 7. The highest BCUT2D eigenvalue weighted by molar-refractivity contribution is 6.33. The molecular weight excluding hydrogens is 348 g/mol. The molecule has 2 rings (SSSR count). The minimum absolute atomic E-state index is 0.0945. The highest BCUT2D eigenvalue weighted by atomic mass is 35.5. The Labute approximate surface area is 159 Å². The van der Waals surface area contributed by atoms with E-state index >= 15 is 0 Å². The number of hydrogen-bond acceptors (Lipinski definition) is 2. The quantitative estimate of drug-likeness (QED) is 0.515. The zero-order valence-corrected chi connectivity index (χ0v) is 15.9. The third-order valence-corrected chi connectivity index (χ3v) is 4.13. The molecule has 6 heteroatoms. The third kappa shape index (κ3) is 6.76. The van der Waals surface area contributed by atoms with E-state index in [9.17, 15) is 4.79 Å². The summed E-state index contributed by atoms with van der Waals surface area (Å²) in [5.74, 6) is 0.588. The Morgan fingerprint density at radius 3 is 2.50 bits per heavy atom. The van der Waals surface area contributed by atoms with Crippen molar-refractivity contribution in [2.75, 3.05) is 25.5 Å². The maximum absolute atomic E-state index is 12.0. The Bertz CT molecular complexity index is 747. The number of anilines is 1. The SMILES string of the molecule is CN=C(NCCC(=O)Nc1ccc(C)cc1Cl)NCCc1ccccc1. The summed E-state index contributed by atoms with van der Waals surface area (Å²) in [7, 11) is 1.71. The van der Waals surface area contributed by atoms with E-state index in [4.69, 9.17) is 11.6 Å². The number of amides is 1. The number of carbonyl (C=O) groups is 1. The molecule has 138 valence electrons. The standard InChI is InChI=1S/C20H25ClN4O/c1-15-8-9-18(17(21)14-15)25-19(26)11-13-24-20(22-2)23-12-10-16-6-4-3-5-7-16/h3-9,14H,10-13H2,1-2H3,(H,25,26)(H2,22,23,24). The molecule has 0 bridgehead atoms. The fourth-order valence-electron chi connectivity index (χ4n) is 2.42. The second-order valence-corrected chi connectivity index (χ2v) is 6.35. The van der Waals surface area contributed by atoms with Gasteiger partial charge >= 0.3 is 0 Å². The molecule has 1 amide bonds. The molecule has 0 fully saturated rings. The molecule has 2 aromatic carbocycles. The fraction of sp³-hybridized carbons (Fsp3) is 0.300. The number of nitrogens with one attached hydrogen (secondary N) is 3. The second kappa shape index (κ2) is 10.5. The van der Waals surface area contributed by atoms with Gasteiger partial charge in [-0.15, -0.1) is 0 Å². The first-order chi connectivity index (χ1) is 12.6. The Kier molecular flexibility index (Phi) is 7.96. The summed E-state index contributed by atoms with van der Waals surface area (Å²) >= 11 is 6.13. The molecule has 0 saturated heterocycles. The van der Waals surface area contributed by atoms with Crippen LogP contribution >= 0.6 is 11.6 Å². The van der Waals surface area contributed by atoms with Gasteiger partial charge in [0, 0.05) is 26.6 Å². The smallest absolute Gasteiger partial charge is 0.226 e. The summed E-state index contributed by atoms with van der Waals surface area (Å²) in [6.45, 7) is 3.22. The molecule has 0 heterocycles. The van der Waals surface area contributed by atoms with Gasteiger partial charge in [0.1, 0.15) is 0 Å². The number of nitrogens with zero attached hydrogens (tertiary/aromatic N) is 1. The van der Waals surface area contributed by atoms with Gasteiger partial charge in [0.2, 0.25) is 5.91 Å². The van der Waals surface area contributed by atoms with Crippen LogP contribution in [0.15, 0.2) is 53.5 Å². The van der Waals surface area contributed by atoms with Crippen molar-refractivity contribution in [1.82, 2.24) is 10.6 Å². The normalized spacial score (nSPS) is 11.1. The van der Waals surface area contributed by atoms with Crippen LogP contribution in [0.3, 0.4) is 0 Å². The largest absolute Gasteiger partial charge is 0.356 e. The van der Waals surface area contributed by atoms with Crippen molar-refractivity contribution in [3.05, 3.63) is 64.7 Å². The Hall–Kier alpha value is -2.53. The van der Waals surface area contributed by atoms with Gasteiger partial charge in [-0.2, -0.15) is 0 Å². The van der Waals surface area contributed by atoms with Crippen molar-refractivity contribution in [3.63, 3.8) is 0 Å². The van der Waals surface area contributed by atoms with Crippen molar-refractivity contribution in [2.24, 2.45) is 4.99 Å². The van der Waals surface area contributed by atoms with Gasteiger partial charge in [0.25, 0.3) is 0 Å². The van der Waals surface area contributed by atoms with Crippen molar-refractivity contribution in [3.8, 4) is 0 Å². The van der Waals surface area contributed by atoms with Gasteiger partial charge in [0.15, 0.2) is 5.96 Å². The number of halogens is 1. The third-order valence-electron chi connectivity index (χ3n) is 3.82. The summed E-state index contributed by atoms with van der Waals surface area (Å²) in [5, 5.41) is 9.75. The number of guanidine groups is 1. The lowest BCUT2D eigenvalue weighted by Gasteiger charge is -2.12. The summed E-state index contributed by atoms with van der Waals surface area (Å²) in [5.41, 5.74) is 2.96. The number of aryl methyl sites for hydroxylation is 1. The maximum Gasteiger partial charge on any atom is 0.226 e. The summed E-state index contributed by atoms with van der Waals surface area (Å²) in [6, 6.07) is 15.8. The van der Waals surface area contributed by atoms with Crippen molar-refractivity contribution in [1.29, 1.82) is 0 Å². The zero-order chi connectivity index (χ0) is 18.8. The summed E-state index contributed by atoms with van der Waals surface area (Å²) in [4.78, 5) is 16.2. The minimum Gasteiger partial charge on any atom is -0.356 e. The minimum atomic E-state index is -0.0945. The van der Waals surface area contributed by atoms with Crippen molar-refractivity contribution in [2.45, 2.75) is 19.8 Å². The van der Waals surface area contributed by atoms with Gasteiger partial charge in [0.05, 0.1) is 10.7 Å². The van der Waals surface area contributed by atoms with Crippen LogP contribution in [0.4, 0.5) is 5.69 Å². The lowest BCUT2D eigenvalue weighted by molar-refractivity contribution is -0.116. The number of benzene rings is 2. The molecule has 0 unspecified atom stereocenters. The molecule has 0 atom stereocenters. The fourth-order valence-corrected chi connectivity index (χ4v) is 2.70. The number of carbonyl (C=O) groups excluding carboxylic acids is 1. The van der Waals surface area contributed by atoms with Gasteiger partial charge in [-0.05, 0) is 36.6 Å². The summed E-state index contributed by atoms with van der Waals surface area (Å²) in [6.07, 6.45) is 1.23. The molecule has 2 aromatic rings. The lowest BCUT2D eigenvalue weighted by Crippen LogP contribution is -2.39. The van der Waals surface area contributed by atoms with E-state index in [-0.39, 0.29) is 5.91 Å². The van der Waals surface area contributed by atoms with E-state index < -0.39 is 0 Å². The van der Waals surface area contributed by atoms with Crippen LogP contribution in [0.5, 0.6) is 0 Å². The van der Waals surface area contributed by atoms with E-state index in [1.807, 2.05) is 43.3 Å². The van der Waals surface area contributed by atoms with Gasteiger partial charge in [-0.1, -0.05) is 48.0 Å². The molecular formula is C20H25ClN4O. The molecule has 0 spiro atoms. The van der Waals surface area contributed by atoms with Crippen LogP contribution in [0.1, 0.15) is 17.5 Å². The molecule has 0 radical (unpaired) electrons. The van der Waals surface area contributed by atoms with E-state index in [0.717, 1.165) is 18.5 Å². The first kappa shape index (κ1) is 19.8. The first-order valence-electron chi connectivity index (χ1n) is 8.63. The Morgan fingerprint density at radius 1 is 1.08 bits per heavy atom. The molecule has 26 heavy (non-hydrogen) atoms. The van der Waals surface area contributed by atoms with Crippen LogP contribution in [-0.2, 0) is 11.2 Å². The maximum atomic E-state index is 12.0. The molecule has 5 nitrogen and oxygen atoms in total. The predicted octanol–water partition coefficient (Wildman–Crippen LogP) is 3.38. The second-order valence-electron chi connectivity index (χ2n) is 5.94. The Balaban J connectivity index is 1.68. The first-order valence-corrected chi connectivity index (χ1v) is 9.00. The zero-order valence-electron chi connectivity index (χ0n) is 15.2. The van der Waals surface area contributed by atoms with Crippen LogP contribution in [0.2, 0.25) is 5.02 Å². The monoisotopic (exact) mass is 372 g/mol. The molecule has 0 aliphatic heterocycles. The van der Waals surface area contributed by atoms with E-state index in [1.54, 1.807) is 7.05 Å². The Morgan fingerprint density at radius 2 is 1.81 bits per heavy atom. The van der Waals surface area contributed by atoms with Crippen LogP contribution in [-0.4, -0.2) is 32.0 Å². The lowest BCUT2D eigenvalue weighted by atomic mass is 10.1. The molecule has 0 aromatic heterocycles. The molecule has 0 saturated carbocycles. The average molecular weight is 373 g/mol.